The Morgan fingerprint density at radius 2 is 2.29 bits per heavy atom. The molecule has 6 heteroatoms. The van der Waals surface area contributed by atoms with Crippen molar-refractivity contribution in [3.05, 3.63) is 40.1 Å². The molecule has 5 nitrogen and oxygen atoms in total. The SMILES string of the molecule is CC#CC[C@H](C)[C@H](O)C=CC1CCC(=O)N1CC=Cc1ccc(C(=O)OC)s1. The molecular weight excluding hydrogens is 374 g/mol. The maximum Gasteiger partial charge on any atom is 0.348 e. The number of hydrogen-bond donors (Lipinski definition) is 1. The molecule has 0 aliphatic carbocycles. The Bertz CT molecular complexity index is 799. The van der Waals surface area contributed by atoms with Crippen LogP contribution in [0.25, 0.3) is 6.08 Å². The standard InChI is InChI=1S/C22H27NO4S/c1-4-5-7-16(2)19(24)12-9-17-10-14-21(25)23(17)15-6-8-18-11-13-20(28-18)22(26)27-3/h6,8-9,11-13,16-17,19,24H,7,10,14-15H2,1-3H3/t16-,17?,19+/m0/s1. The summed E-state index contributed by atoms with van der Waals surface area (Å²) < 4.78 is 4.71. The van der Waals surface area contributed by atoms with Crippen molar-refractivity contribution in [2.75, 3.05) is 13.7 Å². The van der Waals surface area contributed by atoms with Gasteiger partial charge in [0.2, 0.25) is 5.91 Å². The van der Waals surface area contributed by atoms with Gasteiger partial charge >= 0.3 is 5.97 Å². The number of likely N-dealkylation sites (tertiary alicyclic amines) is 1. The van der Waals surface area contributed by atoms with Crippen molar-refractivity contribution in [3.8, 4) is 11.8 Å². The molecule has 1 aliphatic heterocycles. The first-order valence-corrected chi connectivity index (χ1v) is 10.2. The van der Waals surface area contributed by atoms with Gasteiger partial charge in [0.15, 0.2) is 0 Å². The topological polar surface area (TPSA) is 66.8 Å². The average Bonchev–Trinajstić information content (AvgIpc) is 3.31. The Morgan fingerprint density at radius 3 is 3.00 bits per heavy atom. The molecule has 0 aromatic carbocycles. The molecule has 1 fully saturated rings. The molecular formula is C22H27NO4S. The van der Waals surface area contributed by atoms with Crippen LogP contribution in [0.5, 0.6) is 0 Å². The van der Waals surface area contributed by atoms with Gasteiger partial charge in [-0.25, -0.2) is 4.79 Å². The molecule has 1 aromatic rings. The van der Waals surface area contributed by atoms with Crippen molar-refractivity contribution < 1.29 is 19.4 Å². The van der Waals surface area contributed by atoms with Crippen LogP contribution in [0.15, 0.2) is 30.4 Å². The second-order valence-corrected chi connectivity index (χ2v) is 7.85. The van der Waals surface area contributed by atoms with E-state index in [2.05, 4.69) is 11.8 Å². The average molecular weight is 402 g/mol. The highest BCUT2D eigenvalue weighted by atomic mass is 32.1. The summed E-state index contributed by atoms with van der Waals surface area (Å²) in [7, 11) is 1.36. The van der Waals surface area contributed by atoms with Gasteiger partial charge in [-0.3, -0.25) is 4.79 Å². The molecule has 3 atom stereocenters. The minimum absolute atomic E-state index is 0.00905. The molecule has 0 saturated carbocycles. The summed E-state index contributed by atoms with van der Waals surface area (Å²) in [6.45, 7) is 4.24. The Labute approximate surface area is 170 Å². The lowest BCUT2D eigenvalue weighted by Crippen LogP contribution is -2.32. The second-order valence-electron chi connectivity index (χ2n) is 6.73. The van der Waals surface area contributed by atoms with Crippen LogP contribution in [0, 0.1) is 17.8 Å². The van der Waals surface area contributed by atoms with Gasteiger partial charge in [-0.1, -0.05) is 25.2 Å². The number of amides is 1. The third-order valence-electron chi connectivity index (χ3n) is 4.69. The first-order chi connectivity index (χ1) is 13.5. The monoisotopic (exact) mass is 401 g/mol. The summed E-state index contributed by atoms with van der Waals surface area (Å²) in [4.78, 5) is 27.0. The highest BCUT2D eigenvalue weighted by Gasteiger charge is 2.28. The van der Waals surface area contributed by atoms with E-state index in [1.54, 1.807) is 19.1 Å². The fourth-order valence-electron chi connectivity index (χ4n) is 2.94. The lowest BCUT2D eigenvalue weighted by atomic mass is 10.00. The number of esters is 1. The Balaban J connectivity index is 1.94. The summed E-state index contributed by atoms with van der Waals surface area (Å²) in [6.07, 6.45) is 8.88. The molecule has 2 rings (SSSR count). The summed E-state index contributed by atoms with van der Waals surface area (Å²) in [6, 6.07) is 3.58. The number of thiophene rings is 1. The molecule has 1 unspecified atom stereocenters. The number of rotatable bonds is 8. The first-order valence-electron chi connectivity index (χ1n) is 9.36. The van der Waals surface area contributed by atoms with Gasteiger partial charge in [-0.05, 0) is 37.5 Å². The maximum absolute atomic E-state index is 12.2. The summed E-state index contributed by atoms with van der Waals surface area (Å²) >= 11 is 1.35. The number of nitrogens with zero attached hydrogens (tertiary/aromatic N) is 1. The zero-order valence-corrected chi connectivity index (χ0v) is 17.4. The molecule has 28 heavy (non-hydrogen) atoms. The quantitative estimate of drug-likeness (QED) is 0.411. The smallest absolute Gasteiger partial charge is 0.348 e. The van der Waals surface area contributed by atoms with Crippen molar-refractivity contribution in [3.63, 3.8) is 0 Å². The van der Waals surface area contributed by atoms with Crippen molar-refractivity contribution in [2.45, 2.75) is 45.3 Å². The summed E-state index contributed by atoms with van der Waals surface area (Å²) in [5.74, 6) is 5.64. The summed E-state index contributed by atoms with van der Waals surface area (Å²) in [5, 5.41) is 10.2. The maximum atomic E-state index is 12.2. The molecule has 150 valence electrons. The number of carbonyl (C=O) groups is 2. The van der Waals surface area contributed by atoms with Crippen molar-refractivity contribution >= 4 is 29.3 Å². The Kier molecular flexibility index (Phi) is 8.49. The fourth-order valence-corrected chi connectivity index (χ4v) is 3.80. The van der Waals surface area contributed by atoms with Crippen molar-refractivity contribution in [1.29, 1.82) is 0 Å². The predicted octanol–water partition coefficient (Wildman–Crippen LogP) is 3.51. The molecule has 2 heterocycles. The van der Waals surface area contributed by atoms with E-state index in [1.165, 1.54) is 18.4 Å². The van der Waals surface area contributed by atoms with Crippen LogP contribution in [0.1, 0.15) is 47.7 Å². The number of methoxy groups -OCH3 is 1. The molecule has 1 aromatic heterocycles. The Hall–Kier alpha value is -2.36. The minimum Gasteiger partial charge on any atom is -0.465 e. The highest BCUT2D eigenvalue weighted by Crippen LogP contribution is 2.22. The number of aliphatic hydroxyl groups is 1. The number of hydrogen-bond acceptors (Lipinski definition) is 5. The fraction of sp³-hybridized carbons (Fsp3) is 0.455. The highest BCUT2D eigenvalue weighted by molar-refractivity contribution is 7.14. The molecule has 1 amide bonds. The second kappa shape index (κ2) is 10.8. The largest absolute Gasteiger partial charge is 0.465 e. The van der Waals surface area contributed by atoms with Gasteiger partial charge in [0, 0.05) is 24.3 Å². The van der Waals surface area contributed by atoms with Crippen LogP contribution in [-0.2, 0) is 9.53 Å². The van der Waals surface area contributed by atoms with E-state index in [0.29, 0.717) is 24.3 Å². The number of carbonyl (C=O) groups excluding carboxylic acids is 2. The first kappa shape index (κ1) is 21.9. The number of aliphatic hydroxyl groups excluding tert-OH is 1. The van der Waals surface area contributed by atoms with Crippen molar-refractivity contribution in [1.82, 2.24) is 4.90 Å². The van der Waals surface area contributed by atoms with Gasteiger partial charge in [-0.15, -0.1) is 23.2 Å². The zero-order chi connectivity index (χ0) is 20.5. The normalized spacial score (nSPS) is 19.1. The van der Waals surface area contributed by atoms with Gasteiger partial charge < -0.3 is 14.7 Å². The van der Waals surface area contributed by atoms with Crippen LogP contribution >= 0.6 is 11.3 Å². The zero-order valence-electron chi connectivity index (χ0n) is 16.6. The van der Waals surface area contributed by atoms with Gasteiger partial charge in [-0.2, -0.15) is 0 Å². The van der Waals surface area contributed by atoms with Crippen molar-refractivity contribution in [2.24, 2.45) is 5.92 Å². The molecule has 1 N–H and O–H groups in total. The van der Waals surface area contributed by atoms with Crippen LogP contribution in [0.2, 0.25) is 0 Å². The van der Waals surface area contributed by atoms with E-state index in [-0.39, 0.29) is 23.8 Å². The molecule has 1 saturated heterocycles. The number of ether oxygens (including phenoxy) is 1. The third kappa shape index (κ3) is 6.08. The summed E-state index contributed by atoms with van der Waals surface area (Å²) in [5.41, 5.74) is 0. The third-order valence-corrected chi connectivity index (χ3v) is 5.72. The van der Waals surface area contributed by atoms with E-state index in [1.807, 2.05) is 36.1 Å². The van der Waals surface area contributed by atoms with Gasteiger partial charge in [0.25, 0.3) is 0 Å². The van der Waals surface area contributed by atoms with Crippen LogP contribution in [-0.4, -0.2) is 47.7 Å². The molecule has 0 bridgehead atoms. The Morgan fingerprint density at radius 1 is 1.50 bits per heavy atom. The molecule has 0 radical (unpaired) electrons. The van der Waals surface area contributed by atoms with E-state index < -0.39 is 6.10 Å². The van der Waals surface area contributed by atoms with E-state index in [4.69, 9.17) is 4.74 Å². The van der Waals surface area contributed by atoms with Crippen LogP contribution in [0.4, 0.5) is 0 Å². The van der Waals surface area contributed by atoms with E-state index in [0.717, 1.165) is 11.3 Å². The van der Waals surface area contributed by atoms with Gasteiger partial charge in [0.1, 0.15) is 4.88 Å². The van der Waals surface area contributed by atoms with Crippen LogP contribution < -0.4 is 0 Å². The lowest BCUT2D eigenvalue weighted by Gasteiger charge is -2.21. The van der Waals surface area contributed by atoms with Gasteiger partial charge in [0.05, 0.1) is 19.3 Å². The van der Waals surface area contributed by atoms with Crippen LogP contribution in [0.3, 0.4) is 0 Å². The van der Waals surface area contributed by atoms with E-state index >= 15 is 0 Å². The predicted molar refractivity (Wildman–Crippen MR) is 112 cm³/mol. The van der Waals surface area contributed by atoms with E-state index in [9.17, 15) is 14.7 Å². The molecule has 0 spiro atoms. The lowest BCUT2D eigenvalue weighted by molar-refractivity contribution is -0.127. The minimum atomic E-state index is -0.572. The molecule has 1 aliphatic rings.